The maximum atomic E-state index is 13.3. The molecule has 0 unspecified atom stereocenters. The molecular weight excluding hydrogens is 515 g/mol. The van der Waals surface area contributed by atoms with Crippen LogP contribution in [0, 0.1) is 15.9 Å². The summed E-state index contributed by atoms with van der Waals surface area (Å²) < 4.78 is 18.8. The van der Waals surface area contributed by atoms with E-state index in [1.54, 1.807) is 24.3 Å². The van der Waals surface area contributed by atoms with Crippen molar-refractivity contribution in [3.63, 3.8) is 0 Å². The highest BCUT2D eigenvalue weighted by molar-refractivity contribution is 8.18. The first-order valence-electron chi connectivity index (χ1n) is 10.1. The molecule has 1 N–H and O–H groups in total. The third-order valence-corrected chi connectivity index (χ3v) is 5.91. The van der Waals surface area contributed by atoms with E-state index >= 15 is 0 Å². The van der Waals surface area contributed by atoms with Crippen molar-refractivity contribution in [2.75, 3.05) is 11.9 Å². The van der Waals surface area contributed by atoms with Crippen molar-refractivity contribution in [2.24, 2.45) is 0 Å². The second-order valence-electron chi connectivity index (χ2n) is 7.23. The molecule has 10 nitrogen and oxygen atoms in total. The molecule has 182 valence electrons. The maximum absolute atomic E-state index is 13.3. The van der Waals surface area contributed by atoms with Crippen molar-refractivity contribution >= 4 is 57.9 Å². The Hall–Kier alpha value is -4.29. The van der Waals surface area contributed by atoms with Crippen LogP contribution in [0.15, 0.2) is 65.7 Å². The molecule has 0 radical (unpaired) electrons. The molecule has 0 aliphatic carbocycles. The Morgan fingerprint density at radius 2 is 1.94 bits per heavy atom. The van der Waals surface area contributed by atoms with E-state index in [9.17, 15) is 28.9 Å². The van der Waals surface area contributed by atoms with Crippen LogP contribution in [0.3, 0.4) is 0 Å². The van der Waals surface area contributed by atoms with Crippen molar-refractivity contribution in [1.29, 1.82) is 0 Å². The lowest BCUT2D eigenvalue weighted by atomic mass is 10.2. The summed E-state index contributed by atoms with van der Waals surface area (Å²) >= 11 is 6.38. The lowest BCUT2D eigenvalue weighted by Crippen LogP contribution is -2.36. The second kappa shape index (κ2) is 10.5. The standard InChI is InChI=1S/C23H14ClFN4O6S/c24-17-10-14(3-7-18(17)25)27-20(30)12-28-22(31)19(36-23(28)32)9-13-1-5-16(6-2-13)35-21-8-4-15(11-26-21)29(33)34/h1-11H,12H2,(H,27,30)/b19-9-. The van der Waals surface area contributed by atoms with E-state index in [2.05, 4.69) is 10.3 Å². The number of thioether (sulfide) groups is 1. The van der Waals surface area contributed by atoms with Gasteiger partial charge in [-0.05, 0) is 53.7 Å². The van der Waals surface area contributed by atoms with Gasteiger partial charge in [0.25, 0.3) is 16.8 Å². The highest BCUT2D eigenvalue weighted by Crippen LogP contribution is 2.32. The molecule has 2 aromatic carbocycles. The van der Waals surface area contributed by atoms with Crippen LogP contribution in [0.1, 0.15) is 5.56 Å². The maximum Gasteiger partial charge on any atom is 0.294 e. The summed E-state index contributed by atoms with van der Waals surface area (Å²) in [6, 6.07) is 12.7. The van der Waals surface area contributed by atoms with E-state index in [1.807, 2.05) is 0 Å². The van der Waals surface area contributed by atoms with Gasteiger partial charge in [0, 0.05) is 17.8 Å². The Morgan fingerprint density at radius 1 is 1.19 bits per heavy atom. The number of pyridine rings is 1. The summed E-state index contributed by atoms with van der Waals surface area (Å²) in [5.41, 5.74) is 0.652. The zero-order chi connectivity index (χ0) is 25.8. The Labute approximate surface area is 211 Å². The van der Waals surface area contributed by atoms with Gasteiger partial charge in [-0.15, -0.1) is 0 Å². The van der Waals surface area contributed by atoms with Gasteiger partial charge in [-0.25, -0.2) is 9.37 Å². The van der Waals surface area contributed by atoms with Crippen molar-refractivity contribution in [1.82, 2.24) is 9.88 Å². The van der Waals surface area contributed by atoms with Crippen molar-refractivity contribution < 1.29 is 28.4 Å². The Kier molecular flexibility index (Phi) is 7.27. The Morgan fingerprint density at radius 3 is 2.58 bits per heavy atom. The fourth-order valence-corrected chi connectivity index (χ4v) is 4.02. The van der Waals surface area contributed by atoms with Gasteiger partial charge in [-0.3, -0.25) is 29.4 Å². The van der Waals surface area contributed by atoms with Crippen LogP contribution in [-0.2, 0) is 9.59 Å². The number of imide groups is 1. The van der Waals surface area contributed by atoms with E-state index in [0.29, 0.717) is 23.1 Å². The molecule has 0 spiro atoms. The monoisotopic (exact) mass is 528 g/mol. The number of ether oxygens (including phenoxy) is 1. The molecule has 1 aliphatic rings. The van der Waals surface area contributed by atoms with E-state index in [-0.39, 0.29) is 27.2 Å². The topological polar surface area (TPSA) is 132 Å². The zero-order valence-electron chi connectivity index (χ0n) is 18.0. The lowest BCUT2D eigenvalue weighted by molar-refractivity contribution is -0.385. The minimum Gasteiger partial charge on any atom is -0.439 e. The summed E-state index contributed by atoms with van der Waals surface area (Å²) in [6.45, 7) is -0.522. The molecule has 1 aromatic heterocycles. The second-order valence-corrected chi connectivity index (χ2v) is 8.63. The smallest absolute Gasteiger partial charge is 0.294 e. The molecule has 3 amide bonds. The molecule has 1 saturated heterocycles. The number of hydrogen-bond donors (Lipinski definition) is 1. The molecule has 3 aromatic rings. The molecule has 0 atom stereocenters. The number of halogens is 2. The Balaban J connectivity index is 1.38. The van der Waals surface area contributed by atoms with E-state index in [0.717, 1.165) is 17.2 Å². The number of carbonyl (C=O) groups excluding carboxylic acids is 3. The average molecular weight is 529 g/mol. The van der Waals surface area contributed by atoms with Gasteiger partial charge in [0.1, 0.15) is 24.3 Å². The fraction of sp³-hybridized carbons (Fsp3) is 0.0435. The number of benzene rings is 2. The summed E-state index contributed by atoms with van der Waals surface area (Å²) in [6.07, 6.45) is 2.57. The third kappa shape index (κ3) is 5.85. The average Bonchev–Trinajstić information content (AvgIpc) is 3.10. The molecule has 36 heavy (non-hydrogen) atoms. The van der Waals surface area contributed by atoms with Gasteiger partial charge < -0.3 is 10.1 Å². The normalized spacial score (nSPS) is 14.3. The fourth-order valence-electron chi connectivity index (χ4n) is 3.00. The number of carbonyl (C=O) groups is 3. The first-order chi connectivity index (χ1) is 17.2. The van der Waals surface area contributed by atoms with Crippen LogP contribution in [0.25, 0.3) is 6.08 Å². The highest BCUT2D eigenvalue weighted by atomic mass is 35.5. The quantitative estimate of drug-likeness (QED) is 0.250. The summed E-state index contributed by atoms with van der Waals surface area (Å²) in [5, 5.41) is 12.4. The first-order valence-corrected chi connectivity index (χ1v) is 11.3. The van der Waals surface area contributed by atoms with Gasteiger partial charge in [-0.2, -0.15) is 0 Å². The van der Waals surface area contributed by atoms with Crippen molar-refractivity contribution in [3.8, 4) is 11.6 Å². The number of nitrogens with zero attached hydrogens (tertiary/aromatic N) is 3. The number of anilines is 1. The number of nitro groups is 1. The third-order valence-electron chi connectivity index (χ3n) is 4.71. The molecule has 4 rings (SSSR count). The van der Waals surface area contributed by atoms with Crippen molar-refractivity contribution in [3.05, 3.63) is 92.2 Å². The minimum atomic E-state index is -0.650. The molecule has 0 saturated carbocycles. The van der Waals surface area contributed by atoms with E-state index < -0.39 is 34.3 Å². The van der Waals surface area contributed by atoms with Crippen LogP contribution < -0.4 is 10.1 Å². The molecule has 0 bridgehead atoms. The largest absolute Gasteiger partial charge is 0.439 e. The van der Waals surface area contributed by atoms with Gasteiger partial charge in [0.05, 0.1) is 14.9 Å². The summed E-state index contributed by atoms with van der Waals surface area (Å²) in [7, 11) is 0. The van der Waals surface area contributed by atoms with Crippen LogP contribution in [0.4, 0.5) is 20.6 Å². The zero-order valence-corrected chi connectivity index (χ0v) is 19.6. The number of aromatic nitrogens is 1. The number of amides is 3. The Bertz CT molecular complexity index is 1400. The summed E-state index contributed by atoms with van der Waals surface area (Å²) in [5.74, 6) is -1.36. The van der Waals surface area contributed by atoms with Gasteiger partial charge in [0.15, 0.2) is 0 Å². The number of hydrogen-bond acceptors (Lipinski definition) is 8. The number of nitrogens with one attached hydrogen (secondary N) is 1. The van der Waals surface area contributed by atoms with E-state index in [1.165, 1.54) is 30.3 Å². The van der Waals surface area contributed by atoms with Crippen molar-refractivity contribution in [2.45, 2.75) is 0 Å². The van der Waals surface area contributed by atoms with Gasteiger partial charge in [-0.1, -0.05) is 23.7 Å². The SMILES string of the molecule is O=C(CN1C(=O)S/C(=C\c2ccc(Oc3ccc([N+](=O)[O-])cn3)cc2)C1=O)Nc1ccc(F)c(Cl)c1. The van der Waals surface area contributed by atoms with E-state index in [4.69, 9.17) is 16.3 Å². The first kappa shape index (κ1) is 24.8. The molecule has 2 heterocycles. The minimum absolute atomic E-state index is 0.128. The van der Waals surface area contributed by atoms with Crippen LogP contribution in [0.5, 0.6) is 11.6 Å². The van der Waals surface area contributed by atoms with Gasteiger partial charge >= 0.3 is 0 Å². The molecular formula is C23H14ClFN4O6S. The number of rotatable bonds is 7. The lowest BCUT2D eigenvalue weighted by Gasteiger charge is -2.12. The van der Waals surface area contributed by atoms with Crippen LogP contribution in [0.2, 0.25) is 5.02 Å². The molecule has 1 aliphatic heterocycles. The highest BCUT2D eigenvalue weighted by Gasteiger charge is 2.36. The molecule has 1 fully saturated rings. The van der Waals surface area contributed by atoms with Crippen LogP contribution >= 0.6 is 23.4 Å². The van der Waals surface area contributed by atoms with Crippen LogP contribution in [-0.4, -0.2) is 38.4 Å². The summed E-state index contributed by atoms with van der Waals surface area (Å²) in [4.78, 5) is 52.2. The predicted octanol–water partition coefficient (Wildman–Crippen LogP) is 5.25. The predicted molar refractivity (Wildman–Crippen MR) is 130 cm³/mol. The van der Waals surface area contributed by atoms with Gasteiger partial charge in [0.2, 0.25) is 11.8 Å². The molecule has 13 heteroatoms.